The number of carboxylic acids is 1. The summed E-state index contributed by atoms with van der Waals surface area (Å²) in [6.07, 6.45) is 1.61. The van der Waals surface area contributed by atoms with Crippen LogP contribution in [0, 0.1) is 0 Å². The number of aromatic nitrogens is 3. The van der Waals surface area contributed by atoms with Crippen molar-refractivity contribution in [1.29, 1.82) is 0 Å². The van der Waals surface area contributed by atoms with Gasteiger partial charge in [0.25, 0.3) is 5.91 Å². The van der Waals surface area contributed by atoms with Gasteiger partial charge in [-0.3, -0.25) is 4.79 Å². The predicted molar refractivity (Wildman–Crippen MR) is 71.7 cm³/mol. The average molecular weight is 297 g/mol. The molecule has 0 aliphatic carbocycles. The van der Waals surface area contributed by atoms with Crippen molar-refractivity contribution in [2.75, 3.05) is 31.1 Å². The molecule has 0 aromatic carbocycles. The molecule has 1 aromatic rings. The molecule has 20 heavy (non-hydrogen) atoms. The molecule has 2 saturated heterocycles. The first kappa shape index (κ1) is 13.4. The molecule has 0 saturated carbocycles. The van der Waals surface area contributed by atoms with Gasteiger partial charge in [0.1, 0.15) is 6.04 Å². The van der Waals surface area contributed by atoms with Crippen LogP contribution in [-0.4, -0.2) is 74.1 Å². The molecular formula is C11H15N5O3S. The highest BCUT2D eigenvalue weighted by molar-refractivity contribution is 7.99. The van der Waals surface area contributed by atoms with E-state index in [1.54, 1.807) is 22.6 Å². The van der Waals surface area contributed by atoms with Gasteiger partial charge in [0.05, 0.1) is 12.2 Å². The third-order valence-corrected chi connectivity index (χ3v) is 4.56. The molecule has 0 spiro atoms. The van der Waals surface area contributed by atoms with E-state index in [4.69, 9.17) is 0 Å². The molecule has 1 unspecified atom stereocenters. The maximum absolute atomic E-state index is 12.4. The summed E-state index contributed by atoms with van der Waals surface area (Å²) >= 11 is 1.55. The number of thioether (sulfide) groups is 1. The minimum absolute atomic E-state index is 0.218. The van der Waals surface area contributed by atoms with Gasteiger partial charge >= 0.3 is 5.97 Å². The summed E-state index contributed by atoms with van der Waals surface area (Å²) in [7, 11) is 0. The van der Waals surface area contributed by atoms with E-state index >= 15 is 0 Å². The van der Waals surface area contributed by atoms with Crippen LogP contribution in [0.3, 0.4) is 0 Å². The summed E-state index contributed by atoms with van der Waals surface area (Å²) in [4.78, 5) is 25.0. The predicted octanol–water partition coefficient (Wildman–Crippen LogP) is -0.935. The highest BCUT2D eigenvalue weighted by atomic mass is 32.2. The second kappa shape index (κ2) is 5.41. The van der Waals surface area contributed by atoms with Gasteiger partial charge in [-0.2, -0.15) is 11.8 Å². The van der Waals surface area contributed by atoms with Gasteiger partial charge in [-0.05, 0) is 0 Å². The van der Waals surface area contributed by atoms with Crippen LogP contribution in [0.5, 0.6) is 0 Å². The van der Waals surface area contributed by atoms with Crippen molar-refractivity contribution in [3.8, 4) is 0 Å². The zero-order valence-electron chi connectivity index (χ0n) is 10.7. The second-order valence-electron chi connectivity index (χ2n) is 4.82. The standard InChI is InChI=1S/C11H15N5O3S/c17-10(15-1-2-20-6-9(15)11(18)19)8-5-16(14-13-8)7-3-12-4-7/h5,7,9,12H,1-4,6H2,(H,18,19). The summed E-state index contributed by atoms with van der Waals surface area (Å²) < 4.78 is 1.66. The SMILES string of the molecule is O=C(O)C1CSCCN1C(=O)c1cn(C2CNC2)nn1. The summed E-state index contributed by atoms with van der Waals surface area (Å²) in [6.45, 7) is 2.06. The van der Waals surface area contributed by atoms with E-state index in [9.17, 15) is 14.7 Å². The molecule has 9 heteroatoms. The molecule has 3 rings (SSSR count). The number of hydrogen-bond acceptors (Lipinski definition) is 6. The molecule has 0 radical (unpaired) electrons. The van der Waals surface area contributed by atoms with E-state index in [1.165, 1.54) is 4.90 Å². The molecule has 2 fully saturated rings. The number of aliphatic carboxylic acids is 1. The zero-order valence-corrected chi connectivity index (χ0v) is 11.5. The first-order chi connectivity index (χ1) is 9.66. The Bertz CT molecular complexity index is 530. The third-order valence-electron chi connectivity index (χ3n) is 3.54. The molecule has 3 heterocycles. The van der Waals surface area contributed by atoms with Crippen LogP contribution in [0.1, 0.15) is 16.5 Å². The van der Waals surface area contributed by atoms with E-state index < -0.39 is 12.0 Å². The van der Waals surface area contributed by atoms with Gasteiger partial charge in [0, 0.05) is 31.1 Å². The minimum atomic E-state index is -0.971. The lowest BCUT2D eigenvalue weighted by Crippen LogP contribution is -2.50. The molecular weight excluding hydrogens is 282 g/mol. The molecule has 1 amide bonds. The lowest BCUT2D eigenvalue weighted by molar-refractivity contribution is -0.141. The van der Waals surface area contributed by atoms with E-state index in [-0.39, 0.29) is 17.6 Å². The number of nitrogens with one attached hydrogen (secondary N) is 1. The Kier molecular flexibility index (Phi) is 3.62. The molecule has 1 aromatic heterocycles. The van der Waals surface area contributed by atoms with E-state index in [0.717, 1.165) is 18.8 Å². The monoisotopic (exact) mass is 297 g/mol. The lowest BCUT2D eigenvalue weighted by atomic mass is 10.2. The fourth-order valence-electron chi connectivity index (χ4n) is 2.21. The van der Waals surface area contributed by atoms with Crippen LogP contribution in [-0.2, 0) is 4.79 Å². The molecule has 2 N–H and O–H groups in total. The smallest absolute Gasteiger partial charge is 0.327 e. The topological polar surface area (TPSA) is 100 Å². The molecule has 8 nitrogen and oxygen atoms in total. The average Bonchev–Trinajstić information content (AvgIpc) is 2.85. The van der Waals surface area contributed by atoms with Crippen LogP contribution in [0.25, 0.3) is 0 Å². The fourth-order valence-corrected chi connectivity index (χ4v) is 3.25. The van der Waals surface area contributed by atoms with Crippen molar-refractivity contribution in [3.63, 3.8) is 0 Å². The number of carboxylic acid groups (broad SMARTS) is 1. The number of amides is 1. The second-order valence-corrected chi connectivity index (χ2v) is 5.97. The van der Waals surface area contributed by atoms with E-state index in [1.807, 2.05) is 0 Å². The normalized spacial score (nSPS) is 23.4. The molecule has 108 valence electrons. The van der Waals surface area contributed by atoms with Crippen LogP contribution >= 0.6 is 11.8 Å². The maximum atomic E-state index is 12.4. The highest BCUT2D eigenvalue weighted by Crippen LogP contribution is 2.19. The van der Waals surface area contributed by atoms with Gasteiger partial charge in [0.15, 0.2) is 5.69 Å². The Hall–Kier alpha value is -1.61. The van der Waals surface area contributed by atoms with Crippen LogP contribution < -0.4 is 5.32 Å². The number of hydrogen-bond donors (Lipinski definition) is 2. The Balaban J connectivity index is 1.76. The first-order valence-electron chi connectivity index (χ1n) is 6.41. The summed E-state index contributed by atoms with van der Waals surface area (Å²) in [5, 5.41) is 20.1. The van der Waals surface area contributed by atoms with Gasteiger partial charge in [0.2, 0.25) is 0 Å². The van der Waals surface area contributed by atoms with Crippen molar-refractivity contribution in [3.05, 3.63) is 11.9 Å². The Morgan fingerprint density at radius 1 is 1.45 bits per heavy atom. The molecule has 2 aliphatic rings. The summed E-state index contributed by atoms with van der Waals surface area (Å²) in [5.41, 5.74) is 0.218. The van der Waals surface area contributed by atoms with Gasteiger partial charge < -0.3 is 15.3 Å². The quantitative estimate of drug-likeness (QED) is 0.743. The Morgan fingerprint density at radius 2 is 2.25 bits per heavy atom. The number of carbonyl (C=O) groups excluding carboxylic acids is 1. The first-order valence-corrected chi connectivity index (χ1v) is 7.56. The third kappa shape index (κ3) is 2.38. The fraction of sp³-hybridized carbons (Fsp3) is 0.636. The zero-order chi connectivity index (χ0) is 14.1. The van der Waals surface area contributed by atoms with E-state index in [0.29, 0.717) is 12.3 Å². The summed E-state index contributed by atoms with van der Waals surface area (Å²) in [5.74, 6) is -0.157. The van der Waals surface area contributed by atoms with Gasteiger partial charge in [-0.15, -0.1) is 5.10 Å². The van der Waals surface area contributed by atoms with Gasteiger partial charge in [-0.25, -0.2) is 9.48 Å². The number of nitrogens with zero attached hydrogens (tertiary/aromatic N) is 4. The van der Waals surface area contributed by atoms with Crippen LogP contribution in [0.15, 0.2) is 6.20 Å². The van der Waals surface area contributed by atoms with Crippen LogP contribution in [0.4, 0.5) is 0 Å². The highest BCUT2D eigenvalue weighted by Gasteiger charge is 2.34. The van der Waals surface area contributed by atoms with Crippen molar-refractivity contribution in [2.24, 2.45) is 0 Å². The van der Waals surface area contributed by atoms with E-state index in [2.05, 4.69) is 15.6 Å². The van der Waals surface area contributed by atoms with Crippen molar-refractivity contribution in [2.45, 2.75) is 12.1 Å². The lowest BCUT2D eigenvalue weighted by Gasteiger charge is -2.31. The Labute approximate surface area is 119 Å². The van der Waals surface area contributed by atoms with Crippen LogP contribution in [0.2, 0.25) is 0 Å². The minimum Gasteiger partial charge on any atom is -0.480 e. The molecule has 0 bridgehead atoms. The van der Waals surface area contributed by atoms with Crippen molar-refractivity contribution in [1.82, 2.24) is 25.2 Å². The molecule has 2 aliphatic heterocycles. The van der Waals surface area contributed by atoms with Crippen molar-refractivity contribution >= 4 is 23.6 Å². The number of carbonyl (C=O) groups is 2. The van der Waals surface area contributed by atoms with Crippen molar-refractivity contribution < 1.29 is 14.7 Å². The van der Waals surface area contributed by atoms with Gasteiger partial charge in [-0.1, -0.05) is 5.21 Å². The number of rotatable bonds is 3. The summed E-state index contributed by atoms with van der Waals surface area (Å²) in [6, 6.07) is -0.548. The largest absolute Gasteiger partial charge is 0.480 e. The molecule has 1 atom stereocenters. The maximum Gasteiger partial charge on any atom is 0.327 e. The Morgan fingerprint density at radius 3 is 2.90 bits per heavy atom.